The standard InChI is InChI=1S/C17H22N4O/c1-13(20-17(22)10-14-4-2-3-5-14)15-6-8-16(9-7-15)21-12-18-11-19-21/h6-9,11-14H,2-5,10H2,1H3,(H,20,22)/t13-/m1/s1. The van der Waals surface area contributed by atoms with E-state index in [1.165, 1.54) is 32.0 Å². The smallest absolute Gasteiger partial charge is 0.220 e. The molecule has 1 aliphatic rings. The number of carbonyl (C=O) groups is 1. The molecule has 116 valence electrons. The van der Waals surface area contributed by atoms with Crippen LogP contribution in [-0.4, -0.2) is 20.7 Å². The lowest BCUT2D eigenvalue weighted by molar-refractivity contribution is -0.122. The van der Waals surface area contributed by atoms with Crippen molar-refractivity contribution in [1.82, 2.24) is 20.1 Å². The van der Waals surface area contributed by atoms with Crippen molar-refractivity contribution in [3.05, 3.63) is 42.5 Å². The van der Waals surface area contributed by atoms with Crippen LogP contribution in [0.2, 0.25) is 0 Å². The van der Waals surface area contributed by atoms with E-state index in [4.69, 9.17) is 0 Å². The maximum Gasteiger partial charge on any atom is 0.220 e. The fourth-order valence-corrected chi connectivity index (χ4v) is 3.12. The van der Waals surface area contributed by atoms with Crippen molar-refractivity contribution in [2.45, 2.75) is 45.1 Å². The first-order chi connectivity index (χ1) is 10.7. The van der Waals surface area contributed by atoms with Crippen LogP contribution in [0.1, 0.15) is 50.6 Å². The highest BCUT2D eigenvalue weighted by molar-refractivity contribution is 5.76. The van der Waals surface area contributed by atoms with Gasteiger partial charge in [-0.25, -0.2) is 9.67 Å². The van der Waals surface area contributed by atoms with Gasteiger partial charge >= 0.3 is 0 Å². The number of rotatable bonds is 5. The number of hydrogen-bond acceptors (Lipinski definition) is 3. The van der Waals surface area contributed by atoms with Crippen LogP contribution in [0, 0.1) is 5.92 Å². The van der Waals surface area contributed by atoms with E-state index in [1.54, 1.807) is 11.0 Å². The Morgan fingerprint density at radius 3 is 2.68 bits per heavy atom. The summed E-state index contributed by atoms with van der Waals surface area (Å²) in [5, 5.41) is 7.21. The van der Waals surface area contributed by atoms with Crippen molar-refractivity contribution in [2.24, 2.45) is 5.92 Å². The second-order valence-corrected chi connectivity index (χ2v) is 6.08. The van der Waals surface area contributed by atoms with Crippen LogP contribution in [0.25, 0.3) is 5.69 Å². The molecule has 1 amide bonds. The largest absolute Gasteiger partial charge is 0.350 e. The Morgan fingerprint density at radius 1 is 1.32 bits per heavy atom. The fraction of sp³-hybridized carbons (Fsp3) is 0.471. The molecule has 1 N–H and O–H groups in total. The van der Waals surface area contributed by atoms with E-state index in [0.29, 0.717) is 12.3 Å². The van der Waals surface area contributed by atoms with Crippen molar-refractivity contribution >= 4 is 5.91 Å². The van der Waals surface area contributed by atoms with Gasteiger partial charge in [-0.2, -0.15) is 5.10 Å². The molecule has 0 aliphatic heterocycles. The van der Waals surface area contributed by atoms with Crippen LogP contribution in [0.4, 0.5) is 0 Å². The lowest BCUT2D eigenvalue weighted by atomic mass is 10.0. The molecule has 1 atom stereocenters. The first kappa shape index (κ1) is 14.8. The van der Waals surface area contributed by atoms with Crippen molar-refractivity contribution < 1.29 is 4.79 Å². The topological polar surface area (TPSA) is 59.8 Å². The molecule has 1 fully saturated rings. The summed E-state index contributed by atoms with van der Waals surface area (Å²) in [5.41, 5.74) is 2.06. The van der Waals surface area contributed by atoms with Gasteiger partial charge in [0, 0.05) is 6.42 Å². The maximum atomic E-state index is 12.1. The predicted octanol–water partition coefficient (Wildman–Crippen LogP) is 3.02. The van der Waals surface area contributed by atoms with Gasteiger partial charge in [0.25, 0.3) is 0 Å². The highest BCUT2D eigenvalue weighted by Crippen LogP contribution is 2.27. The van der Waals surface area contributed by atoms with Gasteiger partial charge in [0.05, 0.1) is 11.7 Å². The van der Waals surface area contributed by atoms with Crippen molar-refractivity contribution in [1.29, 1.82) is 0 Å². The van der Waals surface area contributed by atoms with Gasteiger partial charge in [0.15, 0.2) is 0 Å². The van der Waals surface area contributed by atoms with E-state index in [1.807, 2.05) is 31.2 Å². The summed E-state index contributed by atoms with van der Waals surface area (Å²) < 4.78 is 1.72. The van der Waals surface area contributed by atoms with E-state index < -0.39 is 0 Å². The Morgan fingerprint density at radius 2 is 2.05 bits per heavy atom. The molecule has 3 rings (SSSR count). The number of nitrogens with zero attached hydrogens (tertiary/aromatic N) is 3. The quantitative estimate of drug-likeness (QED) is 0.923. The zero-order valence-electron chi connectivity index (χ0n) is 12.9. The Bertz CT molecular complexity index is 600. The zero-order chi connectivity index (χ0) is 15.4. The molecule has 1 aliphatic carbocycles. The van der Waals surface area contributed by atoms with Crippen molar-refractivity contribution in [3.63, 3.8) is 0 Å². The molecule has 0 unspecified atom stereocenters. The minimum Gasteiger partial charge on any atom is -0.350 e. The molecule has 5 nitrogen and oxygen atoms in total. The SMILES string of the molecule is C[C@@H](NC(=O)CC1CCCC1)c1ccc(-n2cncn2)cc1. The van der Waals surface area contributed by atoms with Crippen LogP contribution in [0.3, 0.4) is 0 Å². The van der Waals surface area contributed by atoms with Gasteiger partial charge in [0.1, 0.15) is 12.7 Å². The summed E-state index contributed by atoms with van der Waals surface area (Å²) in [6, 6.07) is 8.06. The Balaban J connectivity index is 1.57. The van der Waals surface area contributed by atoms with E-state index in [9.17, 15) is 4.79 Å². The molecule has 0 radical (unpaired) electrons. The molecule has 1 aromatic carbocycles. The molecule has 0 bridgehead atoms. The average molecular weight is 298 g/mol. The second-order valence-electron chi connectivity index (χ2n) is 6.08. The monoisotopic (exact) mass is 298 g/mol. The third-order valence-electron chi connectivity index (χ3n) is 4.40. The molecule has 22 heavy (non-hydrogen) atoms. The second kappa shape index (κ2) is 6.73. The summed E-state index contributed by atoms with van der Waals surface area (Å²) in [5.74, 6) is 0.752. The first-order valence-electron chi connectivity index (χ1n) is 7.96. The maximum absolute atomic E-state index is 12.1. The molecule has 1 aromatic heterocycles. The van der Waals surface area contributed by atoms with E-state index in [-0.39, 0.29) is 11.9 Å². The average Bonchev–Trinajstić information content (AvgIpc) is 3.20. The van der Waals surface area contributed by atoms with Gasteiger partial charge < -0.3 is 5.32 Å². The van der Waals surface area contributed by atoms with E-state index >= 15 is 0 Å². The highest BCUT2D eigenvalue weighted by atomic mass is 16.1. The summed E-state index contributed by atoms with van der Waals surface area (Å²) in [6.45, 7) is 2.02. The molecule has 0 saturated heterocycles. The van der Waals surface area contributed by atoms with Crippen LogP contribution in [-0.2, 0) is 4.79 Å². The summed E-state index contributed by atoms with van der Waals surface area (Å²) in [6.07, 6.45) is 8.81. The molecule has 2 aromatic rings. The molecule has 1 saturated carbocycles. The van der Waals surface area contributed by atoms with Gasteiger partial charge in [-0.15, -0.1) is 0 Å². The fourth-order valence-electron chi connectivity index (χ4n) is 3.12. The Labute approximate surface area is 130 Å². The highest BCUT2D eigenvalue weighted by Gasteiger charge is 2.19. The minimum absolute atomic E-state index is 0.0266. The lowest BCUT2D eigenvalue weighted by Crippen LogP contribution is -2.27. The molecule has 5 heteroatoms. The number of aromatic nitrogens is 3. The molecular weight excluding hydrogens is 276 g/mol. The van der Waals surface area contributed by atoms with Gasteiger partial charge in [-0.05, 0) is 43.4 Å². The Hall–Kier alpha value is -2.17. The summed E-state index contributed by atoms with van der Waals surface area (Å²) >= 11 is 0. The zero-order valence-corrected chi connectivity index (χ0v) is 12.9. The van der Waals surface area contributed by atoms with Crippen LogP contribution in [0.5, 0.6) is 0 Å². The van der Waals surface area contributed by atoms with E-state index in [2.05, 4.69) is 15.4 Å². The third kappa shape index (κ3) is 3.53. The predicted molar refractivity (Wildman–Crippen MR) is 84.5 cm³/mol. The molecule has 0 spiro atoms. The number of carbonyl (C=O) groups excluding carboxylic acids is 1. The van der Waals surface area contributed by atoms with Crippen LogP contribution < -0.4 is 5.32 Å². The Kier molecular flexibility index (Phi) is 4.51. The van der Waals surface area contributed by atoms with E-state index in [0.717, 1.165) is 11.3 Å². The first-order valence-corrected chi connectivity index (χ1v) is 7.96. The molecule has 1 heterocycles. The lowest BCUT2D eigenvalue weighted by Gasteiger charge is -2.16. The minimum atomic E-state index is 0.0266. The summed E-state index contributed by atoms with van der Waals surface area (Å²) in [4.78, 5) is 16.0. The number of amides is 1. The van der Waals surface area contributed by atoms with Gasteiger partial charge in [0.2, 0.25) is 5.91 Å². The van der Waals surface area contributed by atoms with Crippen molar-refractivity contribution in [2.75, 3.05) is 0 Å². The molecular formula is C17H22N4O. The van der Waals surface area contributed by atoms with Gasteiger partial charge in [-0.3, -0.25) is 4.79 Å². The number of benzene rings is 1. The number of hydrogen-bond donors (Lipinski definition) is 1. The van der Waals surface area contributed by atoms with Crippen LogP contribution >= 0.6 is 0 Å². The van der Waals surface area contributed by atoms with Gasteiger partial charge in [-0.1, -0.05) is 25.0 Å². The number of nitrogens with one attached hydrogen (secondary N) is 1. The third-order valence-corrected chi connectivity index (χ3v) is 4.40. The normalized spacial score (nSPS) is 16.6. The summed E-state index contributed by atoms with van der Waals surface area (Å²) in [7, 11) is 0. The van der Waals surface area contributed by atoms with Crippen molar-refractivity contribution in [3.8, 4) is 5.69 Å². The van der Waals surface area contributed by atoms with Crippen LogP contribution in [0.15, 0.2) is 36.9 Å².